The summed E-state index contributed by atoms with van der Waals surface area (Å²) in [6, 6.07) is 4.31. The molecule has 0 radical (unpaired) electrons. The van der Waals surface area contributed by atoms with Crippen molar-refractivity contribution in [2.45, 2.75) is 25.8 Å². The maximum Gasteiger partial charge on any atom is 0.0621 e. The van der Waals surface area contributed by atoms with Crippen LogP contribution >= 0.6 is 11.3 Å². The molecule has 74 valence electrons. The quantitative estimate of drug-likeness (QED) is 0.712. The Labute approximate surface area is 83.7 Å². The van der Waals surface area contributed by atoms with Gasteiger partial charge in [0.25, 0.3) is 0 Å². The standard InChI is InChI=1S/C10H17NOS/c1-2-5-12-8-9(11)7-10-4-3-6-13-10/h3-4,6,9H,2,5,7-8,11H2,1H3. The largest absolute Gasteiger partial charge is 0.380 e. The van der Waals surface area contributed by atoms with Gasteiger partial charge in [-0.05, 0) is 24.3 Å². The molecule has 3 heteroatoms. The molecule has 1 heterocycles. The van der Waals surface area contributed by atoms with Gasteiger partial charge in [0.2, 0.25) is 0 Å². The molecule has 1 aromatic rings. The zero-order chi connectivity index (χ0) is 9.52. The van der Waals surface area contributed by atoms with Crippen molar-refractivity contribution in [2.75, 3.05) is 13.2 Å². The van der Waals surface area contributed by atoms with E-state index in [1.54, 1.807) is 11.3 Å². The van der Waals surface area contributed by atoms with Crippen LogP contribution in [0.25, 0.3) is 0 Å². The maximum atomic E-state index is 5.89. The third kappa shape index (κ3) is 4.41. The molecule has 0 aliphatic carbocycles. The van der Waals surface area contributed by atoms with E-state index in [2.05, 4.69) is 24.4 Å². The van der Waals surface area contributed by atoms with Crippen LogP contribution in [0.2, 0.25) is 0 Å². The van der Waals surface area contributed by atoms with E-state index in [0.29, 0.717) is 6.61 Å². The molecular weight excluding hydrogens is 182 g/mol. The Bertz CT molecular complexity index is 211. The summed E-state index contributed by atoms with van der Waals surface area (Å²) < 4.78 is 5.37. The van der Waals surface area contributed by atoms with E-state index in [1.807, 2.05) is 0 Å². The van der Waals surface area contributed by atoms with Gasteiger partial charge in [0.1, 0.15) is 0 Å². The molecule has 1 aromatic heterocycles. The lowest BCUT2D eigenvalue weighted by Crippen LogP contribution is -2.28. The summed E-state index contributed by atoms with van der Waals surface area (Å²) in [4.78, 5) is 1.34. The van der Waals surface area contributed by atoms with Gasteiger partial charge in [0.15, 0.2) is 0 Å². The summed E-state index contributed by atoms with van der Waals surface area (Å²) in [7, 11) is 0. The predicted octanol–water partition coefficient (Wildman–Crippen LogP) is 2.04. The summed E-state index contributed by atoms with van der Waals surface area (Å²) in [6.45, 7) is 3.59. The van der Waals surface area contributed by atoms with Crippen LogP contribution in [-0.4, -0.2) is 19.3 Å². The predicted molar refractivity (Wildman–Crippen MR) is 57.1 cm³/mol. The van der Waals surface area contributed by atoms with Crippen LogP contribution < -0.4 is 5.73 Å². The van der Waals surface area contributed by atoms with E-state index in [4.69, 9.17) is 10.5 Å². The monoisotopic (exact) mass is 199 g/mol. The van der Waals surface area contributed by atoms with Crippen molar-refractivity contribution in [2.24, 2.45) is 5.73 Å². The molecule has 2 nitrogen and oxygen atoms in total. The fourth-order valence-corrected chi connectivity index (χ4v) is 1.92. The second-order valence-corrected chi connectivity index (χ2v) is 4.15. The van der Waals surface area contributed by atoms with Crippen LogP contribution in [0.3, 0.4) is 0 Å². The minimum atomic E-state index is 0.144. The van der Waals surface area contributed by atoms with Gasteiger partial charge in [0.05, 0.1) is 6.61 Å². The minimum absolute atomic E-state index is 0.144. The number of hydrogen-bond donors (Lipinski definition) is 1. The number of ether oxygens (including phenoxy) is 1. The second kappa shape index (κ2) is 6.13. The smallest absolute Gasteiger partial charge is 0.0621 e. The highest BCUT2D eigenvalue weighted by atomic mass is 32.1. The molecule has 1 atom stereocenters. The van der Waals surface area contributed by atoms with E-state index in [9.17, 15) is 0 Å². The molecular formula is C10H17NOS. The zero-order valence-corrected chi connectivity index (χ0v) is 8.85. The molecule has 0 amide bonds. The Morgan fingerprint density at radius 3 is 3.08 bits per heavy atom. The van der Waals surface area contributed by atoms with Gasteiger partial charge in [-0.3, -0.25) is 0 Å². The van der Waals surface area contributed by atoms with Crippen LogP contribution in [0.1, 0.15) is 18.2 Å². The maximum absolute atomic E-state index is 5.89. The highest BCUT2D eigenvalue weighted by Crippen LogP contribution is 2.10. The molecule has 2 N–H and O–H groups in total. The fourth-order valence-electron chi connectivity index (χ4n) is 1.13. The summed E-state index contributed by atoms with van der Waals surface area (Å²) >= 11 is 1.75. The minimum Gasteiger partial charge on any atom is -0.380 e. The van der Waals surface area contributed by atoms with Gasteiger partial charge in [-0.15, -0.1) is 11.3 Å². The summed E-state index contributed by atoms with van der Waals surface area (Å²) in [5.74, 6) is 0. The van der Waals surface area contributed by atoms with E-state index < -0.39 is 0 Å². The molecule has 0 saturated carbocycles. The first-order valence-electron chi connectivity index (χ1n) is 4.68. The van der Waals surface area contributed by atoms with Crippen molar-refractivity contribution >= 4 is 11.3 Å². The van der Waals surface area contributed by atoms with Crippen molar-refractivity contribution in [3.05, 3.63) is 22.4 Å². The molecule has 0 spiro atoms. The van der Waals surface area contributed by atoms with Gasteiger partial charge in [-0.1, -0.05) is 13.0 Å². The van der Waals surface area contributed by atoms with Crippen molar-refractivity contribution in [1.29, 1.82) is 0 Å². The van der Waals surface area contributed by atoms with Crippen molar-refractivity contribution < 1.29 is 4.74 Å². The SMILES string of the molecule is CCCOCC(N)Cc1cccs1. The lowest BCUT2D eigenvalue weighted by molar-refractivity contribution is 0.121. The van der Waals surface area contributed by atoms with Crippen LogP contribution in [0.15, 0.2) is 17.5 Å². The summed E-state index contributed by atoms with van der Waals surface area (Å²) in [5, 5.41) is 2.08. The molecule has 0 bridgehead atoms. The fraction of sp³-hybridized carbons (Fsp3) is 0.600. The Morgan fingerprint density at radius 1 is 1.62 bits per heavy atom. The topological polar surface area (TPSA) is 35.2 Å². The van der Waals surface area contributed by atoms with Gasteiger partial charge >= 0.3 is 0 Å². The third-order valence-electron chi connectivity index (χ3n) is 1.72. The Balaban J connectivity index is 2.14. The van der Waals surface area contributed by atoms with Gasteiger partial charge in [-0.2, -0.15) is 0 Å². The Hall–Kier alpha value is -0.380. The highest BCUT2D eigenvalue weighted by molar-refractivity contribution is 7.09. The number of thiophene rings is 1. The van der Waals surface area contributed by atoms with Gasteiger partial charge in [-0.25, -0.2) is 0 Å². The molecule has 0 aromatic carbocycles. The molecule has 0 aliphatic rings. The average Bonchev–Trinajstić information content (AvgIpc) is 2.57. The molecule has 0 aliphatic heterocycles. The van der Waals surface area contributed by atoms with E-state index in [-0.39, 0.29) is 6.04 Å². The van der Waals surface area contributed by atoms with E-state index >= 15 is 0 Å². The molecule has 0 saturated heterocycles. The first-order valence-corrected chi connectivity index (χ1v) is 5.56. The Kier molecular flexibility index (Phi) is 5.05. The first kappa shape index (κ1) is 10.7. The van der Waals surface area contributed by atoms with Gasteiger partial charge in [0, 0.05) is 17.5 Å². The average molecular weight is 199 g/mol. The number of hydrogen-bond acceptors (Lipinski definition) is 3. The zero-order valence-electron chi connectivity index (χ0n) is 8.03. The van der Waals surface area contributed by atoms with Crippen molar-refractivity contribution in [1.82, 2.24) is 0 Å². The van der Waals surface area contributed by atoms with Gasteiger partial charge < -0.3 is 10.5 Å². The van der Waals surface area contributed by atoms with E-state index in [1.165, 1.54) is 4.88 Å². The van der Waals surface area contributed by atoms with Crippen LogP contribution in [0.5, 0.6) is 0 Å². The van der Waals surface area contributed by atoms with E-state index in [0.717, 1.165) is 19.4 Å². The first-order chi connectivity index (χ1) is 6.33. The van der Waals surface area contributed by atoms with Crippen LogP contribution in [-0.2, 0) is 11.2 Å². The molecule has 13 heavy (non-hydrogen) atoms. The summed E-state index contributed by atoms with van der Waals surface area (Å²) in [5.41, 5.74) is 5.89. The molecule has 1 rings (SSSR count). The Morgan fingerprint density at radius 2 is 2.46 bits per heavy atom. The summed E-state index contributed by atoms with van der Waals surface area (Å²) in [6.07, 6.45) is 1.99. The van der Waals surface area contributed by atoms with Crippen molar-refractivity contribution in [3.63, 3.8) is 0 Å². The van der Waals surface area contributed by atoms with Crippen molar-refractivity contribution in [3.8, 4) is 0 Å². The number of rotatable bonds is 6. The van der Waals surface area contributed by atoms with Crippen LogP contribution in [0.4, 0.5) is 0 Å². The lowest BCUT2D eigenvalue weighted by Gasteiger charge is -2.10. The second-order valence-electron chi connectivity index (χ2n) is 3.12. The molecule has 0 fully saturated rings. The number of nitrogens with two attached hydrogens (primary N) is 1. The normalized spacial score (nSPS) is 13.1. The van der Waals surface area contributed by atoms with Crippen LogP contribution in [0, 0.1) is 0 Å². The highest BCUT2D eigenvalue weighted by Gasteiger charge is 2.04. The molecule has 1 unspecified atom stereocenters. The third-order valence-corrected chi connectivity index (χ3v) is 2.62. The lowest BCUT2D eigenvalue weighted by atomic mass is 10.2.